The number of thiazole rings is 1. The molecule has 132 valence electrons. The van der Waals surface area contributed by atoms with Crippen LogP contribution in [0.15, 0.2) is 43.0 Å². The number of aliphatic hydroxyl groups is 1. The average molecular weight is 367 g/mol. The fraction of sp³-hybridized carbons (Fsp3) is 0.278. The van der Waals surface area contributed by atoms with E-state index in [1.165, 1.54) is 17.7 Å². The summed E-state index contributed by atoms with van der Waals surface area (Å²) < 4.78 is 3.65. The molecule has 0 saturated heterocycles. The maximum absolute atomic E-state index is 11.0. The topological polar surface area (TPSA) is 88.5 Å². The Bertz CT molecular complexity index is 1060. The van der Waals surface area contributed by atoms with E-state index in [1.54, 1.807) is 40.7 Å². The summed E-state index contributed by atoms with van der Waals surface area (Å²) in [5.74, 6) is 0.773. The lowest BCUT2D eigenvalue weighted by Crippen LogP contribution is -2.06. The van der Waals surface area contributed by atoms with Crippen molar-refractivity contribution in [2.75, 3.05) is 0 Å². The van der Waals surface area contributed by atoms with Crippen molar-refractivity contribution in [1.82, 2.24) is 24.4 Å². The summed E-state index contributed by atoms with van der Waals surface area (Å²) in [4.78, 5) is 6.45. The van der Waals surface area contributed by atoms with Crippen LogP contribution in [0.3, 0.4) is 0 Å². The molecule has 1 aliphatic rings. The zero-order valence-corrected chi connectivity index (χ0v) is 14.7. The second-order valence-electron chi connectivity index (χ2n) is 6.64. The van der Waals surface area contributed by atoms with Crippen molar-refractivity contribution in [2.45, 2.75) is 31.4 Å². The third kappa shape index (κ3) is 2.67. The monoisotopic (exact) mass is 367 g/mol. The molecule has 1 unspecified atom stereocenters. The lowest BCUT2D eigenvalue weighted by atomic mass is 10.1. The molecule has 4 aromatic rings. The molecular weight excluding hydrogens is 350 g/mol. The van der Waals surface area contributed by atoms with Gasteiger partial charge < -0.3 is 10.2 Å². The lowest BCUT2D eigenvalue weighted by Gasteiger charge is -2.09. The molecule has 26 heavy (non-hydrogen) atoms. The second-order valence-corrected chi connectivity index (χ2v) is 7.70. The first kappa shape index (κ1) is 15.5. The lowest BCUT2D eigenvalue weighted by molar-refractivity contribution is 0.208. The van der Waals surface area contributed by atoms with Crippen LogP contribution in [0.2, 0.25) is 0 Å². The zero-order valence-electron chi connectivity index (χ0n) is 13.9. The summed E-state index contributed by atoms with van der Waals surface area (Å²) in [6.45, 7) is 0.527. The molecule has 0 aliphatic heterocycles. The molecule has 1 saturated carbocycles. The molecule has 7 nitrogen and oxygen atoms in total. The van der Waals surface area contributed by atoms with Crippen molar-refractivity contribution in [1.29, 1.82) is 0 Å². The number of rotatable bonds is 5. The Morgan fingerprint density at radius 2 is 2.04 bits per heavy atom. The minimum Gasteiger partial charge on any atom is -0.508 e. The highest BCUT2D eigenvalue weighted by Gasteiger charge is 2.33. The smallest absolute Gasteiger partial charge is 0.141 e. The third-order valence-corrected chi connectivity index (χ3v) is 5.93. The van der Waals surface area contributed by atoms with Crippen LogP contribution in [0.25, 0.3) is 4.83 Å². The van der Waals surface area contributed by atoms with Crippen LogP contribution in [-0.2, 0) is 6.54 Å². The van der Waals surface area contributed by atoms with E-state index in [9.17, 15) is 10.2 Å². The fourth-order valence-electron chi connectivity index (χ4n) is 3.17. The number of aliphatic hydroxyl groups excluding tert-OH is 1. The highest BCUT2D eigenvalue weighted by Crippen LogP contribution is 2.47. The number of hydrogen-bond donors (Lipinski definition) is 2. The van der Waals surface area contributed by atoms with Gasteiger partial charge in [0.15, 0.2) is 0 Å². The molecule has 1 aromatic carbocycles. The van der Waals surface area contributed by atoms with Gasteiger partial charge in [-0.2, -0.15) is 0 Å². The van der Waals surface area contributed by atoms with E-state index in [2.05, 4.69) is 15.3 Å². The van der Waals surface area contributed by atoms with Crippen LogP contribution in [0.4, 0.5) is 0 Å². The Morgan fingerprint density at radius 1 is 1.23 bits per heavy atom. The first-order valence-corrected chi connectivity index (χ1v) is 9.31. The Hall–Kier alpha value is -2.71. The van der Waals surface area contributed by atoms with Crippen molar-refractivity contribution < 1.29 is 10.2 Å². The summed E-state index contributed by atoms with van der Waals surface area (Å²) in [7, 11) is 0. The van der Waals surface area contributed by atoms with Crippen LogP contribution in [0.5, 0.6) is 5.75 Å². The Labute approximate surface area is 153 Å². The van der Waals surface area contributed by atoms with E-state index in [0.29, 0.717) is 18.2 Å². The molecule has 2 N–H and O–H groups in total. The minimum atomic E-state index is -0.831. The first-order chi connectivity index (χ1) is 12.7. The summed E-state index contributed by atoms with van der Waals surface area (Å²) in [5.41, 5.74) is 2.39. The number of aromatic hydroxyl groups is 1. The van der Waals surface area contributed by atoms with Gasteiger partial charge in [-0.05, 0) is 36.5 Å². The van der Waals surface area contributed by atoms with Crippen molar-refractivity contribution in [3.63, 3.8) is 0 Å². The SMILES string of the molecule is Oc1ccc(Cn2cc(C(O)c3c(C4CC4)sc4cncn34)nn2)cc1. The number of phenolic OH excluding ortho intramolecular Hbond substituents is 1. The van der Waals surface area contributed by atoms with Gasteiger partial charge in [-0.25, -0.2) is 9.67 Å². The van der Waals surface area contributed by atoms with Crippen LogP contribution in [0.1, 0.15) is 46.7 Å². The van der Waals surface area contributed by atoms with Gasteiger partial charge in [0.25, 0.3) is 0 Å². The van der Waals surface area contributed by atoms with E-state index in [0.717, 1.165) is 16.1 Å². The minimum absolute atomic E-state index is 0.234. The molecule has 5 rings (SSSR count). The number of benzene rings is 1. The van der Waals surface area contributed by atoms with Crippen LogP contribution in [-0.4, -0.2) is 34.6 Å². The van der Waals surface area contributed by atoms with Gasteiger partial charge in [-0.15, -0.1) is 16.4 Å². The molecule has 3 heterocycles. The Kier molecular flexibility index (Phi) is 3.54. The summed E-state index contributed by atoms with van der Waals surface area (Å²) in [5, 5.41) is 28.7. The summed E-state index contributed by atoms with van der Waals surface area (Å²) >= 11 is 1.70. The second kappa shape index (κ2) is 5.93. The Balaban J connectivity index is 1.45. The molecule has 1 fully saturated rings. The number of phenols is 1. The van der Waals surface area contributed by atoms with Gasteiger partial charge in [-0.3, -0.25) is 4.40 Å². The number of fused-ring (bicyclic) bond motifs is 1. The van der Waals surface area contributed by atoms with Crippen LogP contribution in [0, 0.1) is 0 Å². The normalized spacial score (nSPS) is 15.6. The number of hydrogen-bond acceptors (Lipinski definition) is 6. The largest absolute Gasteiger partial charge is 0.508 e. The number of aromatic nitrogens is 5. The van der Waals surface area contributed by atoms with E-state index in [-0.39, 0.29) is 5.75 Å². The van der Waals surface area contributed by atoms with Gasteiger partial charge >= 0.3 is 0 Å². The molecule has 8 heteroatoms. The molecule has 0 bridgehead atoms. The van der Waals surface area contributed by atoms with Gasteiger partial charge in [0.05, 0.1) is 24.6 Å². The van der Waals surface area contributed by atoms with Crippen LogP contribution < -0.4 is 0 Å². The van der Waals surface area contributed by atoms with Crippen molar-refractivity contribution in [3.8, 4) is 5.75 Å². The summed E-state index contributed by atoms with van der Waals surface area (Å²) in [6, 6.07) is 6.97. The first-order valence-electron chi connectivity index (χ1n) is 8.49. The molecule has 3 aromatic heterocycles. The van der Waals surface area contributed by atoms with E-state index < -0.39 is 6.10 Å². The predicted octanol–water partition coefficient (Wildman–Crippen LogP) is 2.70. The summed E-state index contributed by atoms with van der Waals surface area (Å²) in [6.07, 6.45) is 6.86. The van der Waals surface area contributed by atoms with Crippen molar-refractivity contribution in [3.05, 3.63) is 64.8 Å². The van der Waals surface area contributed by atoms with Crippen molar-refractivity contribution >= 4 is 16.2 Å². The van der Waals surface area contributed by atoms with Gasteiger partial charge in [0, 0.05) is 4.88 Å². The van der Waals surface area contributed by atoms with Gasteiger partial charge in [0.2, 0.25) is 0 Å². The van der Waals surface area contributed by atoms with Gasteiger partial charge in [-0.1, -0.05) is 17.3 Å². The quantitative estimate of drug-likeness (QED) is 0.566. The predicted molar refractivity (Wildman–Crippen MR) is 96.3 cm³/mol. The molecule has 1 aliphatic carbocycles. The molecule has 0 spiro atoms. The van der Waals surface area contributed by atoms with Gasteiger partial charge in [0.1, 0.15) is 28.7 Å². The highest BCUT2D eigenvalue weighted by atomic mass is 32.1. The van der Waals surface area contributed by atoms with E-state index in [1.807, 2.05) is 22.7 Å². The van der Waals surface area contributed by atoms with Crippen molar-refractivity contribution in [2.24, 2.45) is 0 Å². The third-order valence-electron chi connectivity index (χ3n) is 4.66. The van der Waals surface area contributed by atoms with Crippen LogP contribution >= 0.6 is 11.3 Å². The standard InChI is InChI=1S/C18H17N5O2S/c24-13-5-1-11(2-6-13)8-22-9-14(20-21-22)17(25)16-18(12-3-4-12)26-15-7-19-10-23(15)16/h1-2,5-7,9-10,12,17,24-25H,3-4,8H2. The molecule has 0 amide bonds. The average Bonchev–Trinajstić information content (AvgIpc) is 3.04. The van der Waals surface area contributed by atoms with E-state index in [4.69, 9.17) is 0 Å². The maximum atomic E-state index is 11.0. The zero-order chi connectivity index (χ0) is 17.7. The number of nitrogens with zero attached hydrogens (tertiary/aromatic N) is 5. The molecular formula is C18H17N5O2S. The fourth-order valence-corrected chi connectivity index (χ4v) is 4.47. The highest BCUT2D eigenvalue weighted by molar-refractivity contribution is 7.17. The number of imidazole rings is 1. The molecule has 1 atom stereocenters. The maximum Gasteiger partial charge on any atom is 0.141 e. The Morgan fingerprint density at radius 3 is 2.81 bits per heavy atom. The van der Waals surface area contributed by atoms with E-state index >= 15 is 0 Å². The molecule has 0 radical (unpaired) electrons.